The van der Waals surface area contributed by atoms with Crippen LogP contribution in [0.25, 0.3) is 5.69 Å². The van der Waals surface area contributed by atoms with E-state index in [-0.39, 0.29) is 5.43 Å². The maximum absolute atomic E-state index is 11.9. The Morgan fingerprint density at radius 2 is 2.05 bits per heavy atom. The molecule has 1 aromatic heterocycles. The number of nitrogens with zero attached hydrogens (tertiary/aromatic N) is 1. The smallest absolute Gasteiger partial charge is 0.186 e. The number of nitrogens with one attached hydrogen (secondary N) is 1. The van der Waals surface area contributed by atoms with Gasteiger partial charge in [0.2, 0.25) is 0 Å². The maximum atomic E-state index is 11.9. The van der Waals surface area contributed by atoms with E-state index in [1.54, 1.807) is 25.4 Å². The van der Waals surface area contributed by atoms with Crippen LogP contribution in [0.4, 0.5) is 0 Å². The van der Waals surface area contributed by atoms with Crippen LogP contribution >= 0.6 is 23.2 Å². The van der Waals surface area contributed by atoms with Crippen molar-refractivity contribution in [2.45, 2.75) is 13.5 Å². The molecule has 0 aliphatic rings. The molecule has 100 valence electrons. The van der Waals surface area contributed by atoms with Crippen molar-refractivity contribution < 1.29 is 0 Å². The molecule has 0 unspecified atom stereocenters. The summed E-state index contributed by atoms with van der Waals surface area (Å²) in [5.74, 6) is 0. The van der Waals surface area contributed by atoms with Crippen molar-refractivity contribution in [2.24, 2.45) is 0 Å². The van der Waals surface area contributed by atoms with Crippen molar-refractivity contribution >= 4 is 23.2 Å². The molecule has 0 spiro atoms. The molecule has 0 bridgehead atoms. The number of pyridine rings is 1. The molecule has 0 amide bonds. The maximum Gasteiger partial charge on any atom is 0.186 e. The van der Waals surface area contributed by atoms with Crippen molar-refractivity contribution in [3.8, 4) is 5.69 Å². The fraction of sp³-hybridized carbons (Fsp3) is 0.214. The molecular weight excluding hydrogens is 283 g/mol. The molecule has 0 saturated carbocycles. The minimum Gasteiger partial charge on any atom is -0.319 e. The summed E-state index contributed by atoms with van der Waals surface area (Å²) < 4.78 is 1.88. The van der Waals surface area contributed by atoms with E-state index < -0.39 is 0 Å². The molecule has 1 aromatic carbocycles. The number of aryl methyl sites for hydroxylation is 1. The first kappa shape index (κ1) is 14.1. The van der Waals surface area contributed by atoms with Gasteiger partial charge in [-0.25, -0.2) is 0 Å². The molecule has 3 nitrogen and oxygen atoms in total. The summed E-state index contributed by atoms with van der Waals surface area (Å²) in [7, 11) is 1.80. The van der Waals surface area contributed by atoms with Gasteiger partial charge < -0.3 is 9.88 Å². The second-order valence-electron chi connectivity index (χ2n) is 4.28. The summed E-state index contributed by atoms with van der Waals surface area (Å²) in [4.78, 5) is 11.9. The Bertz CT molecular complexity index is 665. The lowest BCUT2D eigenvalue weighted by atomic mass is 10.2. The molecule has 0 saturated heterocycles. The number of rotatable bonds is 3. The Kier molecular flexibility index (Phi) is 4.30. The molecule has 0 radical (unpaired) electrons. The summed E-state index contributed by atoms with van der Waals surface area (Å²) in [6, 6.07) is 7.04. The summed E-state index contributed by atoms with van der Waals surface area (Å²) in [6.45, 7) is 2.37. The van der Waals surface area contributed by atoms with Gasteiger partial charge in [0.15, 0.2) is 5.43 Å². The van der Waals surface area contributed by atoms with E-state index in [4.69, 9.17) is 23.2 Å². The zero-order valence-electron chi connectivity index (χ0n) is 10.7. The normalized spacial score (nSPS) is 10.7. The highest BCUT2D eigenvalue weighted by atomic mass is 35.5. The second kappa shape index (κ2) is 5.78. The first-order valence-corrected chi connectivity index (χ1v) is 6.61. The molecular formula is C14H14Cl2N2O. The molecule has 19 heavy (non-hydrogen) atoms. The van der Waals surface area contributed by atoms with Crippen molar-refractivity contribution in [1.82, 2.24) is 9.88 Å². The zero-order valence-corrected chi connectivity index (χ0v) is 12.2. The molecule has 0 atom stereocenters. The van der Waals surface area contributed by atoms with Gasteiger partial charge in [0.05, 0.1) is 15.7 Å². The van der Waals surface area contributed by atoms with Gasteiger partial charge in [0.1, 0.15) is 0 Å². The fourth-order valence-corrected chi connectivity index (χ4v) is 2.32. The van der Waals surface area contributed by atoms with Gasteiger partial charge in [-0.2, -0.15) is 0 Å². The molecule has 2 aromatic rings. The highest BCUT2D eigenvalue weighted by Crippen LogP contribution is 2.28. The van der Waals surface area contributed by atoms with Crippen molar-refractivity contribution in [2.75, 3.05) is 7.05 Å². The van der Waals surface area contributed by atoms with Crippen LogP contribution in [-0.4, -0.2) is 11.6 Å². The predicted octanol–water partition coefficient (Wildman–Crippen LogP) is 3.17. The minimum absolute atomic E-state index is 0.0150. The van der Waals surface area contributed by atoms with E-state index in [0.29, 0.717) is 22.2 Å². The first-order chi connectivity index (χ1) is 9.04. The standard InChI is InChI=1S/C14H14Cl2N2O/c1-9-6-13(19)10(7-17-2)8-18(9)12-5-3-4-11(15)14(12)16/h3-6,8,17H,7H2,1-2H3. The van der Waals surface area contributed by atoms with Crippen LogP contribution in [-0.2, 0) is 6.54 Å². The highest BCUT2D eigenvalue weighted by molar-refractivity contribution is 6.43. The van der Waals surface area contributed by atoms with E-state index in [0.717, 1.165) is 11.4 Å². The Morgan fingerprint density at radius 1 is 1.32 bits per heavy atom. The Balaban J connectivity index is 2.65. The number of aromatic nitrogens is 1. The van der Waals surface area contributed by atoms with Crippen LogP contribution in [0, 0.1) is 6.92 Å². The van der Waals surface area contributed by atoms with Crippen LogP contribution in [0.2, 0.25) is 10.0 Å². The molecule has 1 N–H and O–H groups in total. The Hall–Kier alpha value is -1.29. The Labute approximate surface area is 121 Å². The third-order valence-electron chi connectivity index (χ3n) is 2.88. The number of hydrogen-bond acceptors (Lipinski definition) is 2. The topological polar surface area (TPSA) is 34.0 Å². The van der Waals surface area contributed by atoms with Gasteiger partial charge in [-0.15, -0.1) is 0 Å². The van der Waals surface area contributed by atoms with Crippen LogP contribution in [0.5, 0.6) is 0 Å². The minimum atomic E-state index is 0.0150. The highest BCUT2D eigenvalue weighted by Gasteiger charge is 2.10. The van der Waals surface area contributed by atoms with E-state index in [1.807, 2.05) is 23.6 Å². The van der Waals surface area contributed by atoms with Crippen LogP contribution in [0.1, 0.15) is 11.3 Å². The average molecular weight is 297 g/mol. The van der Waals surface area contributed by atoms with Crippen molar-refractivity contribution in [3.63, 3.8) is 0 Å². The average Bonchev–Trinajstić information content (AvgIpc) is 2.37. The molecule has 5 heteroatoms. The number of benzene rings is 1. The van der Waals surface area contributed by atoms with E-state index in [2.05, 4.69) is 5.32 Å². The second-order valence-corrected chi connectivity index (χ2v) is 5.06. The molecule has 0 aliphatic heterocycles. The SMILES string of the molecule is CNCc1cn(-c2cccc(Cl)c2Cl)c(C)cc1=O. The van der Waals surface area contributed by atoms with Crippen LogP contribution < -0.4 is 10.7 Å². The Morgan fingerprint density at radius 3 is 2.74 bits per heavy atom. The third kappa shape index (κ3) is 2.84. The summed E-state index contributed by atoms with van der Waals surface area (Å²) in [5.41, 5.74) is 2.28. The quantitative estimate of drug-likeness (QED) is 0.944. The van der Waals surface area contributed by atoms with Gasteiger partial charge in [0.25, 0.3) is 0 Å². The van der Waals surface area contributed by atoms with Crippen LogP contribution in [0.15, 0.2) is 35.3 Å². The summed E-state index contributed by atoms with van der Waals surface area (Å²) in [6.07, 6.45) is 1.80. The first-order valence-electron chi connectivity index (χ1n) is 5.85. The molecule has 0 fully saturated rings. The summed E-state index contributed by atoms with van der Waals surface area (Å²) in [5, 5.41) is 3.95. The largest absolute Gasteiger partial charge is 0.319 e. The van der Waals surface area contributed by atoms with Gasteiger partial charge in [0, 0.05) is 30.1 Å². The third-order valence-corrected chi connectivity index (χ3v) is 3.69. The van der Waals surface area contributed by atoms with Gasteiger partial charge in [-0.05, 0) is 26.1 Å². The van der Waals surface area contributed by atoms with Crippen molar-refractivity contribution in [3.05, 3.63) is 62.0 Å². The number of hydrogen-bond donors (Lipinski definition) is 1. The monoisotopic (exact) mass is 296 g/mol. The lowest BCUT2D eigenvalue weighted by Crippen LogP contribution is -2.19. The summed E-state index contributed by atoms with van der Waals surface area (Å²) >= 11 is 12.3. The van der Waals surface area contributed by atoms with Crippen LogP contribution in [0.3, 0.4) is 0 Å². The molecule has 0 aliphatic carbocycles. The van der Waals surface area contributed by atoms with Gasteiger partial charge in [-0.1, -0.05) is 29.3 Å². The van der Waals surface area contributed by atoms with Gasteiger partial charge >= 0.3 is 0 Å². The van der Waals surface area contributed by atoms with E-state index in [9.17, 15) is 4.79 Å². The molecule has 1 heterocycles. The fourth-order valence-electron chi connectivity index (χ4n) is 1.93. The molecule has 2 rings (SSSR count). The lowest BCUT2D eigenvalue weighted by molar-refractivity contribution is 0.794. The van der Waals surface area contributed by atoms with Crippen molar-refractivity contribution in [1.29, 1.82) is 0 Å². The van der Waals surface area contributed by atoms with E-state index >= 15 is 0 Å². The van der Waals surface area contributed by atoms with Gasteiger partial charge in [-0.3, -0.25) is 4.79 Å². The lowest BCUT2D eigenvalue weighted by Gasteiger charge is -2.14. The predicted molar refractivity (Wildman–Crippen MR) is 79.6 cm³/mol. The number of halogens is 2. The zero-order chi connectivity index (χ0) is 14.0. The van der Waals surface area contributed by atoms with E-state index in [1.165, 1.54) is 0 Å².